The van der Waals surface area contributed by atoms with Crippen molar-refractivity contribution in [3.05, 3.63) is 60.7 Å². The highest BCUT2D eigenvalue weighted by Crippen LogP contribution is 2.29. The van der Waals surface area contributed by atoms with Gasteiger partial charge in [0.1, 0.15) is 16.6 Å². The van der Waals surface area contributed by atoms with Gasteiger partial charge in [0.2, 0.25) is 0 Å². The number of piperidine rings is 1. The molecule has 7 nitrogen and oxygen atoms in total. The highest BCUT2D eigenvalue weighted by Gasteiger charge is 2.28. The van der Waals surface area contributed by atoms with Gasteiger partial charge in [-0.2, -0.15) is 0 Å². The van der Waals surface area contributed by atoms with E-state index in [2.05, 4.69) is 16.6 Å². The first-order valence-corrected chi connectivity index (χ1v) is 12.5. The maximum absolute atomic E-state index is 13.2. The molecule has 0 bridgehead atoms. The molecule has 1 aliphatic rings. The van der Waals surface area contributed by atoms with Gasteiger partial charge in [-0.05, 0) is 52.7 Å². The summed E-state index contributed by atoms with van der Waals surface area (Å²) >= 11 is 0. The Kier molecular flexibility index (Phi) is 8.28. The number of likely N-dealkylation sites (tertiary alicyclic amines) is 1. The first kappa shape index (κ1) is 25.6. The molecule has 1 fully saturated rings. The number of nitrogens with one attached hydrogen (secondary N) is 2. The standard InChI is InChI=1S/C26H33N3O4S/c1-6-9-18(2)24(30)27-22-12-13-23(21-11-8-7-10-20(21)22)34(32)28-19-14-16-29(17-15-19)25(31)33-26(3,4)5/h6-13,19,28H,2,14-17H2,1,3-5H3,(H,27,30)/b9-6-. The molecular weight excluding hydrogens is 450 g/mol. The van der Waals surface area contributed by atoms with Gasteiger partial charge in [-0.1, -0.05) is 43.0 Å². The average Bonchev–Trinajstić information content (AvgIpc) is 2.78. The van der Waals surface area contributed by atoms with Gasteiger partial charge in [0.15, 0.2) is 0 Å². The summed E-state index contributed by atoms with van der Waals surface area (Å²) in [5, 5.41) is 4.49. The number of carbonyl (C=O) groups is 2. The van der Waals surface area contributed by atoms with Gasteiger partial charge in [-0.15, -0.1) is 0 Å². The molecule has 2 N–H and O–H groups in total. The third kappa shape index (κ3) is 6.55. The molecule has 2 aromatic carbocycles. The summed E-state index contributed by atoms with van der Waals surface area (Å²) in [6.07, 6.45) is 4.47. The number of hydrogen-bond acceptors (Lipinski definition) is 4. The summed E-state index contributed by atoms with van der Waals surface area (Å²) in [6.45, 7) is 12.2. The van der Waals surface area contributed by atoms with Crippen LogP contribution in [0.2, 0.25) is 0 Å². The number of fused-ring (bicyclic) bond motifs is 1. The molecule has 1 atom stereocenters. The molecule has 1 saturated heterocycles. The van der Waals surface area contributed by atoms with Crippen molar-refractivity contribution < 1.29 is 18.5 Å². The van der Waals surface area contributed by atoms with Crippen molar-refractivity contribution in [1.82, 2.24) is 9.62 Å². The Morgan fingerprint density at radius 3 is 2.38 bits per heavy atom. The molecule has 0 saturated carbocycles. The molecule has 182 valence electrons. The predicted octanol–water partition coefficient (Wildman–Crippen LogP) is 4.92. The van der Waals surface area contributed by atoms with Crippen LogP contribution < -0.4 is 10.0 Å². The molecule has 2 aromatic rings. The summed E-state index contributed by atoms with van der Waals surface area (Å²) < 4.78 is 21.9. The summed E-state index contributed by atoms with van der Waals surface area (Å²) in [4.78, 5) is 27.0. The Labute approximate surface area is 203 Å². The maximum atomic E-state index is 13.2. The molecule has 0 spiro atoms. The molecule has 8 heteroatoms. The van der Waals surface area contributed by atoms with Crippen LogP contribution in [0.1, 0.15) is 40.5 Å². The normalized spacial score (nSPS) is 15.9. The van der Waals surface area contributed by atoms with Crippen molar-refractivity contribution in [2.24, 2.45) is 0 Å². The number of carbonyl (C=O) groups excluding carboxylic acids is 2. The van der Waals surface area contributed by atoms with Crippen molar-refractivity contribution in [2.45, 2.75) is 57.1 Å². The van der Waals surface area contributed by atoms with Crippen LogP contribution in [0.15, 0.2) is 65.6 Å². The Balaban J connectivity index is 1.69. The first-order chi connectivity index (χ1) is 16.1. The number of allylic oxidation sites excluding steroid dienone is 1. The van der Waals surface area contributed by atoms with Gasteiger partial charge in [-0.3, -0.25) is 4.79 Å². The van der Waals surface area contributed by atoms with Gasteiger partial charge in [-0.25, -0.2) is 13.7 Å². The molecular formula is C26H33N3O4S. The minimum atomic E-state index is -1.45. The first-order valence-electron chi connectivity index (χ1n) is 11.4. The van der Waals surface area contributed by atoms with Crippen molar-refractivity contribution in [2.75, 3.05) is 18.4 Å². The Morgan fingerprint density at radius 2 is 1.76 bits per heavy atom. The SMILES string of the molecule is C=C(/C=C\C)C(=O)Nc1ccc(S(=O)NC2CCN(C(=O)OC(C)(C)C)CC2)c2ccccc12. The number of amides is 2. The van der Waals surface area contributed by atoms with E-state index in [9.17, 15) is 13.8 Å². The second-order valence-corrected chi connectivity index (χ2v) is 10.5. The van der Waals surface area contributed by atoms with E-state index in [1.54, 1.807) is 29.2 Å². The number of anilines is 1. The van der Waals surface area contributed by atoms with E-state index in [0.29, 0.717) is 42.1 Å². The van der Waals surface area contributed by atoms with E-state index in [4.69, 9.17) is 4.74 Å². The van der Waals surface area contributed by atoms with Crippen LogP contribution in [-0.2, 0) is 20.5 Å². The van der Waals surface area contributed by atoms with Gasteiger partial charge in [0.05, 0.1) is 4.90 Å². The summed E-state index contributed by atoms with van der Waals surface area (Å²) in [5.74, 6) is -0.285. The summed E-state index contributed by atoms with van der Waals surface area (Å²) in [7, 11) is -1.45. The van der Waals surface area contributed by atoms with Crippen LogP contribution in [-0.4, -0.2) is 45.8 Å². The zero-order chi connectivity index (χ0) is 24.9. The maximum Gasteiger partial charge on any atom is 0.410 e. The fraction of sp³-hybridized carbons (Fsp3) is 0.385. The monoisotopic (exact) mass is 483 g/mol. The van der Waals surface area contributed by atoms with Gasteiger partial charge in [0.25, 0.3) is 5.91 Å². The van der Waals surface area contributed by atoms with Crippen molar-refractivity contribution in [1.29, 1.82) is 0 Å². The van der Waals surface area contributed by atoms with Crippen LogP contribution in [0.25, 0.3) is 10.8 Å². The van der Waals surface area contributed by atoms with Crippen LogP contribution >= 0.6 is 0 Å². The van der Waals surface area contributed by atoms with Crippen LogP contribution in [0.3, 0.4) is 0 Å². The fourth-order valence-electron chi connectivity index (χ4n) is 3.74. The molecule has 0 aliphatic carbocycles. The zero-order valence-corrected chi connectivity index (χ0v) is 21.0. The second-order valence-electron chi connectivity index (χ2n) is 9.26. The third-order valence-corrected chi connectivity index (χ3v) is 6.71. The number of hydrogen-bond donors (Lipinski definition) is 2. The third-order valence-electron chi connectivity index (χ3n) is 5.41. The molecule has 1 unspecified atom stereocenters. The van der Waals surface area contributed by atoms with E-state index in [0.717, 1.165) is 10.8 Å². The van der Waals surface area contributed by atoms with Crippen LogP contribution in [0.5, 0.6) is 0 Å². The molecule has 1 heterocycles. The van der Waals surface area contributed by atoms with Crippen LogP contribution in [0, 0.1) is 0 Å². The van der Waals surface area contributed by atoms with E-state index in [-0.39, 0.29) is 18.0 Å². The zero-order valence-electron chi connectivity index (χ0n) is 20.2. The number of ether oxygens (including phenoxy) is 1. The lowest BCUT2D eigenvalue weighted by Crippen LogP contribution is -2.46. The number of benzene rings is 2. The van der Waals surface area contributed by atoms with Crippen molar-refractivity contribution in [3.63, 3.8) is 0 Å². The average molecular weight is 484 g/mol. The highest BCUT2D eigenvalue weighted by atomic mass is 32.2. The molecule has 1 aliphatic heterocycles. The van der Waals surface area contributed by atoms with Crippen molar-refractivity contribution in [3.8, 4) is 0 Å². The molecule has 0 radical (unpaired) electrons. The van der Waals surface area contributed by atoms with E-state index >= 15 is 0 Å². The lowest BCUT2D eigenvalue weighted by Gasteiger charge is -2.33. The Morgan fingerprint density at radius 1 is 1.12 bits per heavy atom. The molecule has 3 rings (SSSR count). The molecule has 34 heavy (non-hydrogen) atoms. The quantitative estimate of drug-likeness (QED) is 0.451. The summed E-state index contributed by atoms with van der Waals surface area (Å²) in [6, 6.07) is 11.1. The topological polar surface area (TPSA) is 87.7 Å². The largest absolute Gasteiger partial charge is 0.444 e. The summed E-state index contributed by atoms with van der Waals surface area (Å²) in [5.41, 5.74) is 0.469. The van der Waals surface area contributed by atoms with Gasteiger partial charge in [0, 0.05) is 41.2 Å². The highest BCUT2D eigenvalue weighted by molar-refractivity contribution is 7.83. The second kappa shape index (κ2) is 11.0. The molecule has 0 aromatic heterocycles. The Hall–Kier alpha value is -2.97. The Bertz CT molecular complexity index is 1130. The van der Waals surface area contributed by atoms with E-state index in [1.807, 2.05) is 52.0 Å². The van der Waals surface area contributed by atoms with E-state index < -0.39 is 16.6 Å². The fourth-order valence-corrected chi connectivity index (χ4v) is 4.98. The number of nitrogens with zero attached hydrogens (tertiary/aromatic N) is 1. The molecule has 2 amide bonds. The predicted molar refractivity (Wildman–Crippen MR) is 137 cm³/mol. The lowest BCUT2D eigenvalue weighted by atomic mass is 10.1. The van der Waals surface area contributed by atoms with Crippen LogP contribution in [0.4, 0.5) is 10.5 Å². The number of rotatable bonds is 6. The lowest BCUT2D eigenvalue weighted by molar-refractivity contribution is -0.112. The van der Waals surface area contributed by atoms with Crippen molar-refractivity contribution >= 4 is 39.4 Å². The van der Waals surface area contributed by atoms with Gasteiger partial charge < -0.3 is 15.0 Å². The smallest absolute Gasteiger partial charge is 0.410 e. The minimum absolute atomic E-state index is 0.0156. The van der Waals surface area contributed by atoms with E-state index in [1.165, 1.54) is 0 Å². The minimum Gasteiger partial charge on any atom is -0.444 e. The van der Waals surface area contributed by atoms with Gasteiger partial charge >= 0.3 is 6.09 Å².